The maximum absolute atomic E-state index is 12.6. The van der Waals surface area contributed by atoms with Crippen molar-refractivity contribution < 1.29 is 14.7 Å². The molecule has 0 saturated heterocycles. The largest absolute Gasteiger partial charge is 0.481 e. The van der Waals surface area contributed by atoms with Crippen LogP contribution < -0.4 is 5.32 Å². The Morgan fingerprint density at radius 2 is 1.62 bits per heavy atom. The lowest BCUT2D eigenvalue weighted by Crippen LogP contribution is -2.48. The predicted octanol–water partition coefficient (Wildman–Crippen LogP) is 2.39. The minimum absolute atomic E-state index is 0.0315. The van der Waals surface area contributed by atoms with Crippen LogP contribution in [0.3, 0.4) is 0 Å². The zero-order chi connectivity index (χ0) is 14.6. The van der Waals surface area contributed by atoms with E-state index in [0.717, 1.165) is 12.1 Å². The quantitative estimate of drug-likeness (QED) is 0.837. The minimum atomic E-state index is -0.840. The minimum Gasteiger partial charge on any atom is -0.481 e. The van der Waals surface area contributed by atoms with Crippen LogP contribution in [0.5, 0.6) is 0 Å². The van der Waals surface area contributed by atoms with E-state index in [1.165, 1.54) is 0 Å². The summed E-state index contributed by atoms with van der Waals surface area (Å²) in [7, 11) is 0. The summed E-state index contributed by atoms with van der Waals surface area (Å²) in [6, 6.07) is 9.24. The summed E-state index contributed by atoms with van der Waals surface area (Å²) in [5, 5.41) is 12.5. The summed E-state index contributed by atoms with van der Waals surface area (Å²) < 4.78 is 0. The Bertz CT molecular complexity index is 624. The lowest BCUT2D eigenvalue weighted by atomic mass is 9.62. The van der Waals surface area contributed by atoms with Gasteiger partial charge < -0.3 is 10.4 Å². The number of carboxylic acid groups (broad SMARTS) is 1. The number of allylic oxidation sites excluding steroid dienone is 2. The van der Waals surface area contributed by atoms with E-state index >= 15 is 0 Å². The average Bonchev–Trinajstić information content (AvgIpc) is 3.29. The van der Waals surface area contributed by atoms with Gasteiger partial charge in [-0.15, -0.1) is 0 Å². The molecule has 1 aromatic carbocycles. The molecular formula is C17H17NO3. The number of hydrogen-bond acceptors (Lipinski definition) is 2. The van der Waals surface area contributed by atoms with Crippen molar-refractivity contribution in [3.63, 3.8) is 0 Å². The van der Waals surface area contributed by atoms with E-state index in [1.807, 2.05) is 36.4 Å². The van der Waals surface area contributed by atoms with Crippen molar-refractivity contribution in [2.45, 2.75) is 6.42 Å². The lowest BCUT2D eigenvalue weighted by molar-refractivity contribution is -0.152. The van der Waals surface area contributed by atoms with Gasteiger partial charge in [0.15, 0.2) is 0 Å². The van der Waals surface area contributed by atoms with Gasteiger partial charge in [-0.25, -0.2) is 0 Å². The van der Waals surface area contributed by atoms with Gasteiger partial charge in [-0.1, -0.05) is 30.4 Å². The third-order valence-electron chi connectivity index (χ3n) is 5.28. The number of amides is 1. The van der Waals surface area contributed by atoms with Crippen molar-refractivity contribution in [1.82, 2.24) is 0 Å². The first-order valence-corrected chi connectivity index (χ1v) is 7.44. The molecule has 0 aliphatic heterocycles. The Hall–Kier alpha value is -2.10. The molecule has 0 radical (unpaired) electrons. The van der Waals surface area contributed by atoms with E-state index in [0.29, 0.717) is 11.8 Å². The molecule has 1 amide bonds. The highest BCUT2D eigenvalue weighted by Crippen LogP contribution is 2.63. The molecule has 6 atom stereocenters. The fourth-order valence-corrected chi connectivity index (χ4v) is 4.32. The summed E-state index contributed by atoms with van der Waals surface area (Å²) in [6.07, 6.45) is 5.18. The van der Waals surface area contributed by atoms with Gasteiger partial charge in [0.25, 0.3) is 0 Å². The number of rotatable bonds is 3. The van der Waals surface area contributed by atoms with Crippen molar-refractivity contribution in [3.05, 3.63) is 42.5 Å². The van der Waals surface area contributed by atoms with E-state index in [4.69, 9.17) is 0 Å². The molecule has 0 unspecified atom stereocenters. The third-order valence-corrected chi connectivity index (χ3v) is 5.28. The molecule has 108 valence electrons. The van der Waals surface area contributed by atoms with Gasteiger partial charge >= 0.3 is 5.97 Å². The van der Waals surface area contributed by atoms with Crippen LogP contribution >= 0.6 is 0 Å². The lowest BCUT2D eigenvalue weighted by Gasteiger charge is -2.41. The summed E-state index contributed by atoms with van der Waals surface area (Å²) in [5.74, 6) is -0.891. The molecule has 21 heavy (non-hydrogen) atoms. The molecule has 2 N–H and O–H groups in total. The Morgan fingerprint density at radius 3 is 2.24 bits per heavy atom. The second-order valence-electron chi connectivity index (χ2n) is 6.35. The number of hydrogen-bond donors (Lipinski definition) is 2. The van der Waals surface area contributed by atoms with Crippen LogP contribution in [-0.2, 0) is 9.59 Å². The first kappa shape index (κ1) is 12.6. The molecular weight excluding hydrogens is 266 g/mol. The predicted molar refractivity (Wildman–Crippen MR) is 77.4 cm³/mol. The number of carboxylic acids is 1. The van der Waals surface area contributed by atoms with E-state index < -0.39 is 17.8 Å². The number of nitrogens with one attached hydrogen (secondary N) is 1. The van der Waals surface area contributed by atoms with E-state index in [-0.39, 0.29) is 17.7 Å². The molecule has 4 aliphatic rings. The Balaban J connectivity index is 1.62. The summed E-state index contributed by atoms with van der Waals surface area (Å²) in [4.78, 5) is 24.3. The number of carbonyl (C=O) groups is 2. The smallest absolute Gasteiger partial charge is 0.307 e. The zero-order valence-electron chi connectivity index (χ0n) is 11.5. The van der Waals surface area contributed by atoms with Crippen LogP contribution in [0, 0.1) is 35.5 Å². The molecule has 2 bridgehead atoms. The highest BCUT2D eigenvalue weighted by atomic mass is 16.4. The summed E-state index contributed by atoms with van der Waals surface area (Å²) in [5.41, 5.74) is 0.726. The molecule has 2 saturated carbocycles. The monoisotopic (exact) mass is 283 g/mol. The SMILES string of the molecule is O=C(O)[C@@H]1[C@H]2C=C[C@@H]([C@@H]3C[C@@H]23)[C@@H]1C(=O)Nc1ccccc1. The van der Waals surface area contributed by atoms with Crippen LogP contribution in [0.25, 0.3) is 0 Å². The van der Waals surface area contributed by atoms with Crippen molar-refractivity contribution >= 4 is 17.6 Å². The first-order chi connectivity index (χ1) is 10.2. The Morgan fingerprint density at radius 1 is 1.00 bits per heavy atom. The molecule has 0 spiro atoms. The fourth-order valence-electron chi connectivity index (χ4n) is 4.32. The highest BCUT2D eigenvalue weighted by Gasteiger charge is 2.62. The molecule has 1 aromatic rings. The number of para-hydroxylation sites is 1. The Kier molecular flexibility index (Phi) is 2.67. The molecule has 2 fully saturated rings. The fraction of sp³-hybridized carbons (Fsp3) is 0.412. The van der Waals surface area contributed by atoms with Crippen LogP contribution in [-0.4, -0.2) is 17.0 Å². The van der Waals surface area contributed by atoms with Gasteiger partial charge in [0, 0.05) is 5.69 Å². The van der Waals surface area contributed by atoms with Crippen molar-refractivity contribution in [2.24, 2.45) is 35.5 Å². The highest BCUT2D eigenvalue weighted by molar-refractivity contribution is 5.96. The summed E-state index contributed by atoms with van der Waals surface area (Å²) >= 11 is 0. The number of fused-ring (bicyclic) bond motifs is 1. The second kappa shape index (κ2) is 4.45. The molecule has 5 rings (SSSR count). The van der Waals surface area contributed by atoms with Gasteiger partial charge in [0.2, 0.25) is 5.91 Å². The summed E-state index contributed by atoms with van der Waals surface area (Å²) in [6.45, 7) is 0. The first-order valence-electron chi connectivity index (χ1n) is 7.44. The molecule has 0 aromatic heterocycles. The van der Waals surface area contributed by atoms with Crippen molar-refractivity contribution in [3.8, 4) is 0 Å². The van der Waals surface area contributed by atoms with Crippen LogP contribution in [0.1, 0.15) is 6.42 Å². The molecule has 4 heteroatoms. The maximum Gasteiger partial charge on any atom is 0.307 e. The van der Waals surface area contributed by atoms with Crippen molar-refractivity contribution in [2.75, 3.05) is 5.32 Å². The van der Waals surface area contributed by atoms with E-state index in [9.17, 15) is 14.7 Å². The number of aliphatic carboxylic acids is 1. The number of anilines is 1. The Labute approximate surface area is 122 Å². The van der Waals surface area contributed by atoms with Gasteiger partial charge in [-0.2, -0.15) is 0 Å². The van der Waals surface area contributed by atoms with Crippen molar-refractivity contribution in [1.29, 1.82) is 0 Å². The van der Waals surface area contributed by atoms with Crippen LogP contribution in [0.2, 0.25) is 0 Å². The zero-order valence-corrected chi connectivity index (χ0v) is 11.5. The van der Waals surface area contributed by atoms with Crippen LogP contribution in [0.15, 0.2) is 42.5 Å². The van der Waals surface area contributed by atoms with Gasteiger partial charge in [-0.3, -0.25) is 9.59 Å². The topological polar surface area (TPSA) is 66.4 Å². The van der Waals surface area contributed by atoms with Gasteiger partial charge in [0.1, 0.15) is 0 Å². The standard InChI is InChI=1S/C17H17NO3/c19-16(18-9-4-2-1-3-5-9)14-10-6-7-11(13-8-12(10)13)15(14)17(20)21/h1-7,10-15H,8H2,(H,18,19)(H,20,21)/t10-,11-,12-,13-,14-,15+/m0/s1. The average molecular weight is 283 g/mol. The van der Waals surface area contributed by atoms with E-state index in [2.05, 4.69) is 11.4 Å². The molecule has 0 heterocycles. The second-order valence-corrected chi connectivity index (χ2v) is 6.35. The normalized spacial score (nSPS) is 38.7. The number of benzene rings is 1. The third kappa shape index (κ3) is 1.89. The van der Waals surface area contributed by atoms with Crippen LogP contribution in [0.4, 0.5) is 5.69 Å². The van der Waals surface area contributed by atoms with Gasteiger partial charge in [-0.05, 0) is 42.2 Å². The molecule has 4 nitrogen and oxygen atoms in total. The number of carbonyl (C=O) groups excluding carboxylic acids is 1. The molecule has 4 aliphatic carbocycles. The van der Waals surface area contributed by atoms with Gasteiger partial charge in [0.05, 0.1) is 11.8 Å². The maximum atomic E-state index is 12.6. The van der Waals surface area contributed by atoms with E-state index in [1.54, 1.807) is 0 Å².